The minimum Gasteiger partial charge on any atom is -0.378 e. The number of amides is 2. The first-order valence-electron chi connectivity index (χ1n) is 5.96. The van der Waals surface area contributed by atoms with Gasteiger partial charge in [0.2, 0.25) is 0 Å². The maximum Gasteiger partial charge on any atom is 0.324 e. The first-order chi connectivity index (χ1) is 9.54. The van der Waals surface area contributed by atoms with Crippen molar-refractivity contribution in [1.29, 1.82) is 0 Å². The number of benzene rings is 1. The molecule has 1 heterocycles. The average Bonchev–Trinajstić information content (AvgIpc) is 2.41. The van der Waals surface area contributed by atoms with Crippen molar-refractivity contribution in [2.24, 2.45) is 0 Å². The summed E-state index contributed by atoms with van der Waals surface area (Å²) in [6.45, 7) is 0. The zero-order valence-electron chi connectivity index (χ0n) is 11.2. The number of nitrogens with zero attached hydrogens (tertiary/aromatic N) is 2. The SMILES string of the molecule is CN(C)c1cccc(NC(=O)Nc2ccc(=O)[nH]n2)c1. The van der Waals surface area contributed by atoms with E-state index in [1.54, 1.807) is 6.07 Å². The Morgan fingerprint density at radius 3 is 2.65 bits per heavy atom. The van der Waals surface area contributed by atoms with Gasteiger partial charge >= 0.3 is 6.03 Å². The van der Waals surface area contributed by atoms with Crippen molar-refractivity contribution in [2.75, 3.05) is 29.6 Å². The molecule has 3 N–H and O–H groups in total. The molecule has 104 valence electrons. The standard InChI is InChI=1S/C13H15N5O2/c1-18(2)10-5-3-4-9(8-10)14-13(20)15-11-6-7-12(19)17-16-11/h3-8H,1-2H3,(H,17,19)(H2,14,15,16,20). The molecule has 0 fully saturated rings. The summed E-state index contributed by atoms with van der Waals surface area (Å²) in [6, 6.07) is 9.70. The largest absolute Gasteiger partial charge is 0.378 e. The van der Waals surface area contributed by atoms with E-state index >= 15 is 0 Å². The number of H-pyrrole nitrogens is 1. The van der Waals surface area contributed by atoms with Gasteiger partial charge in [0, 0.05) is 31.5 Å². The van der Waals surface area contributed by atoms with E-state index in [4.69, 9.17) is 0 Å². The van der Waals surface area contributed by atoms with E-state index in [1.807, 2.05) is 37.2 Å². The van der Waals surface area contributed by atoms with Crippen molar-refractivity contribution in [2.45, 2.75) is 0 Å². The average molecular weight is 273 g/mol. The number of aromatic nitrogens is 2. The number of urea groups is 1. The van der Waals surface area contributed by atoms with Crippen molar-refractivity contribution >= 4 is 23.2 Å². The van der Waals surface area contributed by atoms with Crippen molar-refractivity contribution in [1.82, 2.24) is 10.2 Å². The lowest BCUT2D eigenvalue weighted by atomic mass is 10.2. The molecule has 0 aliphatic carbocycles. The molecule has 1 aromatic heterocycles. The van der Waals surface area contributed by atoms with Crippen LogP contribution < -0.4 is 21.1 Å². The molecule has 7 heteroatoms. The highest BCUT2D eigenvalue weighted by molar-refractivity contribution is 5.99. The van der Waals surface area contributed by atoms with E-state index in [0.717, 1.165) is 5.69 Å². The van der Waals surface area contributed by atoms with Crippen LogP contribution in [0.25, 0.3) is 0 Å². The summed E-state index contributed by atoms with van der Waals surface area (Å²) in [4.78, 5) is 24.6. The summed E-state index contributed by atoms with van der Waals surface area (Å²) in [7, 11) is 3.84. The maximum atomic E-state index is 11.8. The molecular weight excluding hydrogens is 258 g/mol. The molecule has 0 spiro atoms. The molecule has 7 nitrogen and oxygen atoms in total. The fraction of sp³-hybridized carbons (Fsp3) is 0.154. The lowest BCUT2D eigenvalue weighted by Crippen LogP contribution is -2.21. The molecule has 1 aromatic carbocycles. The van der Waals surface area contributed by atoms with Crippen LogP contribution in [-0.2, 0) is 0 Å². The van der Waals surface area contributed by atoms with Crippen molar-refractivity contribution < 1.29 is 4.79 Å². The summed E-state index contributed by atoms with van der Waals surface area (Å²) in [5.41, 5.74) is 1.32. The van der Waals surface area contributed by atoms with E-state index in [-0.39, 0.29) is 11.4 Å². The molecule has 0 radical (unpaired) electrons. The van der Waals surface area contributed by atoms with Crippen LogP contribution in [0.3, 0.4) is 0 Å². The van der Waals surface area contributed by atoms with E-state index < -0.39 is 6.03 Å². The number of nitrogens with one attached hydrogen (secondary N) is 3. The van der Waals surface area contributed by atoms with Crippen molar-refractivity contribution in [3.05, 3.63) is 46.8 Å². The van der Waals surface area contributed by atoms with Crippen LogP contribution in [0.4, 0.5) is 22.0 Å². The maximum absolute atomic E-state index is 11.8. The topological polar surface area (TPSA) is 90.1 Å². The highest BCUT2D eigenvalue weighted by Crippen LogP contribution is 2.17. The molecule has 20 heavy (non-hydrogen) atoms. The Morgan fingerprint density at radius 2 is 2.00 bits per heavy atom. The number of hydrogen-bond acceptors (Lipinski definition) is 4. The molecule has 0 unspecified atom stereocenters. The van der Waals surface area contributed by atoms with Gasteiger partial charge in [-0.1, -0.05) is 6.07 Å². The van der Waals surface area contributed by atoms with Gasteiger partial charge in [-0.2, -0.15) is 5.10 Å². The Kier molecular flexibility index (Phi) is 3.99. The van der Waals surface area contributed by atoms with Crippen LogP contribution in [0.2, 0.25) is 0 Å². The molecule has 0 aliphatic heterocycles. The smallest absolute Gasteiger partial charge is 0.324 e. The fourth-order valence-corrected chi connectivity index (χ4v) is 1.55. The third kappa shape index (κ3) is 3.58. The number of aromatic amines is 1. The van der Waals surface area contributed by atoms with E-state index in [9.17, 15) is 9.59 Å². The van der Waals surface area contributed by atoms with Gasteiger partial charge in [0.25, 0.3) is 5.56 Å². The van der Waals surface area contributed by atoms with Gasteiger partial charge in [0.15, 0.2) is 5.82 Å². The third-order valence-corrected chi connectivity index (χ3v) is 2.54. The second-order valence-corrected chi connectivity index (χ2v) is 4.33. The lowest BCUT2D eigenvalue weighted by molar-refractivity contribution is 0.262. The second kappa shape index (κ2) is 5.87. The first kappa shape index (κ1) is 13.6. The Morgan fingerprint density at radius 1 is 1.20 bits per heavy atom. The zero-order chi connectivity index (χ0) is 14.5. The van der Waals surface area contributed by atoms with Crippen LogP contribution in [0.1, 0.15) is 0 Å². The summed E-state index contributed by atoms with van der Waals surface area (Å²) in [6.07, 6.45) is 0. The Balaban J connectivity index is 2.02. The predicted molar refractivity (Wildman–Crippen MR) is 78.3 cm³/mol. The van der Waals surface area contributed by atoms with Gasteiger partial charge in [0.1, 0.15) is 0 Å². The Bertz CT molecular complexity index is 645. The monoisotopic (exact) mass is 273 g/mol. The van der Waals surface area contributed by atoms with E-state index in [1.165, 1.54) is 12.1 Å². The van der Waals surface area contributed by atoms with Crippen LogP contribution >= 0.6 is 0 Å². The Labute approximate surface area is 115 Å². The fourth-order valence-electron chi connectivity index (χ4n) is 1.55. The zero-order valence-corrected chi connectivity index (χ0v) is 11.2. The van der Waals surface area contributed by atoms with Gasteiger partial charge < -0.3 is 10.2 Å². The highest BCUT2D eigenvalue weighted by Gasteiger charge is 2.04. The first-order valence-corrected chi connectivity index (χ1v) is 5.96. The van der Waals surface area contributed by atoms with Gasteiger partial charge in [-0.15, -0.1) is 0 Å². The molecule has 2 aromatic rings. The minimum atomic E-state index is -0.430. The second-order valence-electron chi connectivity index (χ2n) is 4.33. The molecule has 0 bridgehead atoms. The molecular formula is C13H15N5O2. The number of hydrogen-bond donors (Lipinski definition) is 3. The summed E-state index contributed by atoms with van der Waals surface area (Å²) >= 11 is 0. The third-order valence-electron chi connectivity index (χ3n) is 2.54. The van der Waals surface area contributed by atoms with Crippen LogP contribution in [0.15, 0.2) is 41.2 Å². The Hall–Kier alpha value is -2.83. The number of rotatable bonds is 3. The number of anilines is 3. The van der Waals surface area contributed by atoms with Crippen LogP contribution in [-0.4, -0.2) is 30.3 Å². The van der Waals surface area contributed by atoms with Crippen LogP contribution in [0, 0.1) is 0 Å². The molecule has 0 saturated heterocycles. The van der Waals surface area contributed by atoms with Gasteiger partial charge in [-0.3, -0.25) is 10.1 Å². The highest BCUT2D eigenvalue weighted by atomic mass is 16.2. The number of carbonyl (C=O) groups is 1. The quantitative estimate of drug-likeness (QED) is 0.790. The van der Waals surface area contributed by atoms with Crippen molar-refractivity contribution in [3.8, 4) is 0 Å². The summed E-state index contributed by atoms with van der Waals surface area (Å²) < 4.78 is 0. The predicted octanol–water partition coefficient (Wildman–Crippen LogP) is 1.48. The molecule has 0 atom stereocenters. The summed E-state index contributed by atoms with van der Waals surface area (Å²) in [5.74, 6) is 0.269. The molecule has 2 rings (SSSR count). The van der Waals surface area contributed by atoms with Crippen molar-refractivity contribution in [3.63, 3.8) is 0 Å². The number of carbonyl (C=O) groups excluding carboxylic acids is 1. The minimum absolute atomic E-state index is 0.269. The van der Waals surface area contributed by atoms with Gasteiger partial charge in [-0.25, -0.2) is 9.89 Å². The lowest BCUT2D eigenvalue weighted by Gasteiger charge is -2.14. The normalized spacial score (nSPS) is 9.90. The van der Waals surface area contributed by atoms with E-state index in [0.29, 0.717) is 5.69 Å². The van der Waals surface area contributed by atoms with Gasteiger partial charge in [0.05, 0.1) is 0 Å². The molecule has 0 saturated carbocycles. The van der Waals surface area contributed by atoms with Crippen LogP contribution in [0.5, 0.6) is 0 Å². The van der Waals surface area contributed by atoms with Gasteiger partial charge in [-0.05, 0) is 24.3 Å². The van der Waals surface area contributed by atoms with E-state index in [2.05, 4.69) is 20.8 Å². The molecule has 2 amide bonds. The summed E-state index contributed by atoms with van der Waals surface area (Å²) in [5, 5.41) is 11.1. The molecule has 0 aliphatic rings.